The van der Waals surface area contributed by atoms with Gasteiger partial charge in [-0.3, -0.25) is 4.90 Å². The Morgan fingerprint density at radius 3 is 2.40 bits per heavy atom. The maximum atomic E-state index is 14.5. The fourth-order valence-corrected chi connectivity index (χ4v) is 3.36. The summed E-state index contributed by atoms with van der Waals surface area (Å²) in [5, 5.41) is 2.75. The summed E-state index contributed by atoms with van der Waals surface area (Å²) < 4.78 is 53.8. The van der Waals surface area contributed by atoms with E-state index in [1.54, 1.807) is 0 Å². The molecule has 0 amide bonds. The Labute approximate surface area is 157 Å². The van der Waals surface area contributed by atoms with Crippen LogP contribution in [0.25, 0.3) is 0 Å². The summed E-state index contributed by atoms with van der Waals surface area (Å²) in [5.41, 5.74) is -0.827. The molecular weight excluding hydrogens is 379 g/mol. The predicted molar refractivity (Wildman–Crippen MR) is 95.0 cm³/mol. The second-order valence-electron chi connectivity index (χ2n) is 6.16. The number of benzene rings is 1. The topological polar surface area (TPSA) is 15.3 Å². The Kier molecular flexibility index (Phi) is 8.95. The maximum absolute atomic E-state index is 14.5. The lowest BCUT2D eigenvalue weighted by molar-refractivity contribution is -0.137. The molecule has 1 heterocycles. The molecule has 1 aliphatic heterocycles. The molecular formula is C17H24Cl2F4N2. The van der Waals surface area contributed by atoms with Gasteiger partial charge >= 0.3 is 6.18 Å². The molecule has 1 N–H and O–H groups in total. The zero-order valence-corrected chi connectivity index (χ0v) is 15.7. The third kappa shape index (κ3) is 5.98. The van der Waals surface area contributed by atoms with E-state index in [9.17, 15) is 17.6 Å². The van der Waals surface area contributed by atoms with E-state index in [2.05, 4.69) is 17.1 Å². The Hall–Kier alpha value is -0.560. The lowest BCUT2D eigenvalue weighted by Gasteiger charge is -2.36. The number of hydrogen-bond donors (Lipinski definition) is 1. The van der Waals surface area contributed by atoms with Crippen LogP contribution in [0.15, 0.2) is 12.1 Å². The molecule has 1 aromatic rings. The Morgan fingerprint density at radius 2 is 1.84 bits per heavy atom. The smallest absolute Gasteiger partial charge is 0.314 e. The number of nitrogens with one attached hydrogen (secondary N) is 1. The molecule has 1 fully saturated rings. The van der Waals surface area contributed by atoms with E-state index in [0.29, 0.717) is 25.6 Å². The summed E-state index contributed by atoms with van der Waals surface area (Å²) in [7, 11) is 0. The number of piperazine rings is 1. The van der Waals surface area contributed by atoms with Crippen LogP contribution in [0.3, 0.4) is 0 Å². The van der Waals surface area contributed by atoms with Crippen molar-refractivity contribution in [3.05, 3.63) is 34.1 Å². The molecule has 0 unspecified atom stereocenters. The molecule has 1 atom stereocenters. The van der Waals surface area contributed by atoms with Crippen molar-refractivity contribution in [3.8, 4) is 0 Å². The largest absolute Gasteiger partial charge is 0.416 e. The van der Waals surface area contributed by atoms with Gasteiger partial charge < -0.3 is 5.32 Å². The van der Waals surface area contributed by atoms with Crippen molar-refractivity contribution in [2.75, 3.05) is 26.2 Å². The minimum Gasteiger partial charge on any atom is -0.314 e. The van der Waals surface area contributed by atoms with Gasteiger partial charge in [0.05, 0.1) is 10.6 Å². The van der Waals surface area contributed by atoms with Crippen LogP contribution < -0.4 is 5.32 Å². The van der Waals surface area contributed by atoms with Crippen molar-refractivity contribution in [1.82, 2.24) is 10.2 Å². The van der Waals surface area contributed by atoms with Gasteiger partial charge in [-0.25, -0.2) is 4.39 Å². The second kappa shape index (κ2) is 9.95. The zero-order valence-electron chi connectivity index (χ0n) is 14.1. The van der Waals surface area contributed by atoms with Crippen LogP contribution in [0, 0.1) is 5.82 Å². The quantitative estimate of drug-likeness (QED) is 0.502. The third-order valence-electron chi connectivity index (χ3n) is 4.42. The average molecular weight is 403 g/mol. The number of hydrogen-bond acceptors (Lipinski definition) is 2. The minimum atomic E-state index is -4.54. The molecule has 144 valence electrons. The van der Waals surface area contributed by atoms with E-state index in [4.69, 9.17) is 11.6 Å². The SMILES string of the molecule is CCCCC[C@@H](c1cc(C(F)(F)F)cc(Cl)c1F)N1CCNCC1.Cl. The summed E-state index contributed by atoms with van der Waals surface area (Å²) in [4.78, 5) is 2.06. The summed E-state index contributed by atoms with van der Waals surface area (Å²) in [6.07, 6.45) is -1.10. The first-order valence-electron chi connectivity index (χ1n) is 8.35. The second-order valence-corrected chi connectivity index (χ2v) is 6.56. The fraction of sp³-hybridized carbons (Fsp3) is 0.647. The summed E-state index contributed by atoms with van der Waals surface area (Å²) in [6.45, 7) is 4.92. The molecule has 0 radical (unpaired) electrons. The van der Waals surface area contributed by atoms with Gasteiger partial charge in [-0.15, -0.1) is 12.4 Å². The molecule has 0 bridgehead atoms. The van der Waals surface area contributed by atoms with Crippen molar-refractivity contribution in [2.45, 2.75) is 44.8 Å². The number of nitrogens with zero attached hydrogens (tertiary/aromatic N) is 1. The van der Waals surface area contributed by atoms with Crippen LogP contribution in [0.5, 0.6) is 0 Å². The molecule has 0 saturated carbocycles. The van der Waals surface area contributed by atoms with Crippen LogP contribution in [-0.4, -0.2) is 31.1 Å². The molecule has 0 aliphatic carbocycles. The highest BCUT2D eigenvalue weighted by Gasteiger charge is 2.34. The number of alkyl halides is 3. The number of halogens is 6. The van der Waals surface area contributed by atoms with Crippen molar-refractivity contribution < 1.29 is 17.6 Å². The third-order valence-corrected chi connectivity index (χ3v) is 4.69. The number of unbranched alkanes of at least 4 members (excludes halogenated alkanes) is 2. The first kappa shape index (κ1) is 22.5. The predicted octanol–water partition coefficient (Wildman–Crippen LogP) is 5.45. The highest BCUT2D eigenvalue weighted by molar-refractivity contribution is 6.30. The van der Waals surface area contributed by atoms with Crippen LogP contribution in [-0.2, 0) is 6.18 Å². The maximum Gasteiger partial charge on any atom is 0.416 e. The summed E-state index contributed by atoms with van der Waals surface area (Å²) in [6, 6.07) is 1.22. The van der Waals surface area contributed by atoms with Gasteiger partial charge in [0.25, 0.3) is 0 Å². The molecule has 2 nitrogen and oxygen atoms in total. The van der Waals surface area contributed by atoms with Crippen molar-refractivity contribution in [3.63, 3.8) is 0 Å². The summed E-state index contributed by atoms with van der Waals surface area (Å²) >= 11 is 5.76. The van der Waals surface area contributed by atoms with Crippen molar-refractivity contribution in [1.29, 1.82) is 0 Å². The van der Waals surface area contributed by atoms with Gasteiger partial charge in [0.15, 0.2) is 0 Å². The normalized spacial score (nSPS) is 17.2. The lowest BCUT2D eigenvalue weighted by Crippen LogP contribution is -2.45. The first-order chi connectivity index (χ1) is 11.3. The van der Waals surface area contributed by atoms with Gasteiger partial charge in [-0.1, -0.05) is 37.8 Å². The average Bonchev–Trinajstić information content (AvgIpc) is 2.54. The fourth-order valence-electron chi connectivity index (χ4n) is 3.13. The van der Waals surface area contributed by atoms with Gasteiger partial charge in [0, 0.05) is 37.8 Å². The Bertz CT molecular complexity index is 546. The van der Waals surface area contributed by atoms with E-state index in [1.807, 2.05) is 0 Å². The van der Waals surface area contributed by atoms with Gasteiger partial charge in [0.1, 0.15) is 5.82 Å². The zero-order chi connectivity index (χ0) is 17.7. The Morgan fingerprint density at radius 1 is 1.20 bits per heavy atom. The highest BCUT2D eigenvalue weighted by Crippen LogP contribution is 2.38. The molecule has 1 saturated heterocycles. The van der Waals surface area contributed by atoms with E-state index in [-0.39, 0.29) is 24.0 Å². The van der Waals surface area contributed by atoms with Gasteiger partial charge in [0.2, 0.25) is 0 Å². The molecule has 1 aromatic carbocycles. The van der Waals surface area contributed by atoms with Crippen LogP contribution >= 0.6 is 24.0 Å². The molecule has 0 aromatic heterocycles. The van der Waals surface area contributed by atoms with Crippen LogP contribution in [0.1, 0.15) is 49.8 Å². The van der Waals surface area contributed by atoms with Crippen LogP contribution in [0.4, 0.5) is 17.6 Å². The molecule has 1 aliphatic rings. The molecule has 8 heteroatoms. The van der Waals surface area contributed by atoms with Crippen molar-refractivity contribution in [2.24, 2.45) is 0 Å². The lowest BCUT2D eigenvalue weighted by atomic mass is 9.95. The first-order valence-corrected chi connectivity index (χ1v) is 8.73. The van der Waals surface area contributed by atoms with Crippen LogP contribution in [0.2, 0.25) is 5.02 Å². The van der Waals surface area contributed by atoms with E-state index in [0.717, 1.165) is 38.4 Å². The number of rotatable bonds is 6. The summed E-state index contributed by atoms with van der Waals surface area (Å²) in [5.74, 6) is -0.732. The van der Waals surface area contributed by atoms with Crippen molar-refractivity contribution >= 4 is 24.0 Å². The minimum absolute atomic E-state index is 0. The van der Waals surface area contributed by atoms with Gasteiger partial charge in [-0.05, 0) is 18.6 Å². The molecule has 2 rings (SSSR count). The van der Waals surface area contributed by atoms with E-state index in [1.165, 1.54) is 0 Å². The Balaban J connectivity index is 0.00000312. The standard InChI is InChI=1S/C17H23ClF4N2.ClH/c1-2-3-4-5-15(24-8-6-23-7-9-24)13-10-12(17(20,21)22)11-14(18)16(13)19;/h10-11,15,23H,2-9H2,1H3;1H/t15-;/m0./s1. The van der Waals surface area contributed by atoms with E-state index < -0.39 is 22.6 Å². The molecule has 0 spiro atoms. The monoisotopic (exact) mass is 402 g/mol. The molecule has 25 heavy (non-hydrogen) atoms. The highest BCUT2D eigenvalue weighted by atomic mass is 35.5. The van der Waals surface area contributed by atoms with E-state index >= 15 is 0 Å². The van der Waals surface area contributed by atoms with Gasteiger partial charge in [-0.2, -0.15) is 13.2 Å².